The minimum Gasteiger partial charge on any atom is -0.369 e. The van der Waals surface area contributed by atoms with Crippen LogP contribution in [0.4, 0.5) is 5.69 Å². The van der Waals surface area contributed by atoms with E-state index in [9.17, 15) is 9.90 Å². The summed E-state index contributed by atoms with van der Waals surface area (Å²) in [5.41, 5.74) is 3.57. The molecule has 1 atom stereocenters. The van der Waals surface area contributed by atoms with Gasteiger partial charge >= 0.3 is 0 Å². The van der Waals surface area contributed by atoms with E-state index >= 15 is 0 Å². The molecule has 1 aliphatic carbocycles. The Labute approximate surface area is 185 Å². The third kappa shape index (κ3) is 4.90. The summed E-state index contributed by atoms with van der Waals surface area (Å²) in [6.45, 7) is 8.60. The molecule has 1 amide bonds. The van der Waals surface area contributed by atoms with E-state index in [-0.39, 0.29) is 0 Å². The number of rotatable bonds is 4. The first-order valence-electron chi connectivity index (χ1n) is 12.1. The van der Waals surface area contributed by atoms with Crippen molar-refractivity contribution in [1.29, 1.82) is 0 Å². The number of aliphatic hydroxyl groups excluding tert-OH is 1. The normalized spacial score (nSPS) is 26.3. The Balaban J connectivity index is 1.08. The van der Waals surface area contributed by atoms with Crippen molar-refractivity contribution in [1.82, 2.24) is 14.7 Å². The van der Waals surface area contributed by atoms with E-state index in [0.717, 1.165) is 58.4 Å². The van der Waals surface area contributed by atoms with E-state index in [1.165, 1.54) is 42.5 Å². The third-order valence-corrected chi connectivity index (χ3v) is 7.62. The van der Waals surface area contributed by atoms with Crippen molar-refractivity contribution < 1.29 is 14.6 Å². The van der Waals surface area contributed by atoms with Gasteiger partial charge in [-0.3, -0.25) is 14.6 Å². The fourth-order valence-electron chi connectivity index (χ4n) is 5.64. The zero-order valence-corrected chi connectivity index (χ0v) is 18.5. The number of piperazine rings is 2. The highest BCUT2D eigenvalue weighted by Crippen LogP contribution is 2.26. The van der Waals surface area contributed by atoms with Gasteiger partial charge in [0.15, 0.2) is 6.29 Å². The largest absolute Gasteiger partial charge is 0.369 e. The Hall–Kier alpha value is -1.67. The Bertz CT molecular complexity index is 766. The molecular weight excluding hydrogens is 392 g/mol. The summed E-state index contributed by atoms with van der Waals surface area (Å²) in [5.74, 6) is 0.295. The molecule has 1 aromatic carbocycles. The van der Waals surface area contributed by atoms with E-state index in [1.54, 1.807) is 0 Å². The number of nitrogens with zero attached hydrogens (tertiary/aromatic N) is 4. The Morgan fingerprint density at radius 3 is 2.45 bits per heavy atom. The second kappa shape index (κ2) is 9.45. The number of hydrogen-bond donors (Lipinski definition) is 1. The molecule has 7 heteroatoms. The average Bonchev–Trinajstić information content (AvgIpc) is 3.34. The number of fused-ring (bicyclic) bond motifs is 1. The third-order valence-electron chi connectivity index (χ3n) is 7.62. The first-order valence-corrected chi connectivity index (χ1v) is 12.1. The van der Waals surface area contributed by atoms with Crippen LogP contribution in [-0.2, 0) is 22.6 Å². The Morgan fingerprint density at radius 1 is 0.968 bits per heavy atom. The van der Waals surface area contributed by atoms with Gasteiger partial charge in [0.2, 0.25) is 5.91 Å². The number of anilines is 1. The van der Waals surface area contributed by atoms with Gasteiger partial charge in [-0.2, -0.15) is 0 Å². The summed E-state index contributed by atoms with van der Waals surface area (Å²) in [4.78, 5) is 22.2. The zero-order valence-electron chi connectivity index (χ0n) is 18.5. The minimum atomic E-state index is -0.676. The van der Waals surface area contributed by atoms with Gasteiger partial charge in [-0.05, 0) is 36.1 Å². The maximum absolute atomic E-state index is 12.9. The summed E-state index contributed by atoms with van der Waals surface area (Å²) in [6.07, 6.45) is 5.33. The number of amides is 1. The van der Waals surface area contributed by atoms with Crippen molar-refractivity contribution in [3.63, 3.8) is 0 Å². The van der Waals surface area contributed by atoms with Crippen molar-refractivity contribution in [2.45, 2.75) is 51.0 Å². The number of aliphatic hydroxyl groups is 1. The van der Waals surface area contributed by atoms with E-state index in [2.05, 4.69) is 37.8 Å². The van der Waals surface area contributed by atoms with E-state index in [1.807, 2.05) is 0 Å². The van der Waals surface area contributed by atoms with Crippen LogP contribution in [0.1, 0.15) is 36.8 Å². The van der Waals surface area contributed by atoms with Crippen LogP contribution in [-0.4, -0.2) is 96.9 Å². The van der Waals surface area contributed by atoms with Crippen molar-refractivity contribution >= 4 is 11.6 Å². The molecule has 31 heavy (non-hydrogen) atoms. The molecule has 2 saturated heterocycles. The van der Waals surface area contributed by atoms with Crippen LogP contribution in [0, 0.1) is 0 Å². The van der Waals surface area contributed by atoms with Crippen molar-refractivity contribution in [3.05, 3.63) is 29.3 Å². The van der Waals surface area contributed by atoms with Crippen LogP contribution in [0.25, 0.3) is 0 Å². The topological polar surface area (TPSA) is 59.5 Å². The highest BCUT2D eigenvalue weighted by Gasteiger charge is 2.29. The maximum atomic E-state index is 12.9. The Morgan fingerprint density at radius 2 is 1.71 bits per heavy atom. The van der Waals surface area contributed by atoms with Gasteiger partial charge in [-0.15, -0.1) is 0 Å². The molecule has 170 valence electrons. The number of carbonyl (C=O) groups is 1. The van der Waals surface area contributed by atoms with E-state index < -0.39 is 6.29 Å². The molecule has 0 radical (unpaired) electrons. The van der Waals surface area contributed by atoms with Crippen molar-refractivity contribution in [2.24, 2.45) is 0 Å². The van der Waals surface area contributed by atoms with Crippen LogP contribution in [0.2, 0.25) is 0 Å². The lowest BCUT2D eigenvalue weighted by Crippen LogP contribution is -2.55. The molecule has 3 fully saturated rings. The summed E-state index contributed by atoms with van der Waals surface area (Å²) in [7, 11) is 0. The lowest BCUT2D eigenvalue weighted by molar-refractivity contribution is -0.134. The number of hydrogen-bond acceptors (Lipinski definition) is 6. The smallest absolute Gasteiger partial charge is 0.236 e. The first kappa shape index (κ1) is 21.2. The van der Waals surface area contributed by atoms with Gasteiger partial charge in [0.1, 0.15) is 0 Å². The molecule has 3 heterocycles. The van der Waals surface area contributed by atoms with Gasteiger partial charge < -0.3 is 19.6 Å². The molecule has 4 aliphatic rings. The predicted octanol–water partition coefficient (Wildman–Crippen LogP) is 1.29. The monoisotopic (exact) mass is 428 g/mol. The molecule has 5 rings (SSSR count). The molecule has 3 aliphatic heterocycles. The van der Waals surface area contributed by atoms with Crippen LogP contribution >= 0.6 is 0 Å². The van der Waals surface area contributed by atoms with E-state index in [0.29, 0.717) is 25.5 Å². The van der Waals surface area contributed by atoms with Gasteiger partial charge in [-0.1, -0.05) is 18.9 Å². The molecule has 7 nitrogen and oxygen atoms in total. The first-order chi connectivity index (χ1) is 15.2. The Kier molecular flexibility index (Phi) is 6.46. The fourth-order valence-corrected chi connectivity index (χ4v) is 5.64. The van der Waals surface area contributed by atoms with Gasteiger partial charge in [0, 0.05) is 70.5 Å². The quantitative estimate of drug-likeness (QED) is 0.780. The summed E-state index contributed by atoms with van der Waals surface area (Å²) < 4.78 is 5.38. The highest BCUT2D eigenvalue weighted by molar-refractivity contribution is 5.78. The standard InChI is InChI=1S/C24H36N4O3/c29-23(28-13-11-26(12-14-28)21-3-1-2-4-21)17-25-7-9-27(10-8-25)22-6-5-19-16-24(30)31-18-20(19)15-22/h5-6,15,21,24,30H,1-4,7-14,16-18H2. The number of carbonyl (C=O) groups excluding carboxylic acids is 1. The highest BCUT2D eigenvalue weighted by atomic mass is 16.6. The lowest BCUT2D eigenvalue weighted by Gasteiger charge is -2.40. The molecular formula is C24H36N4O3. The molecule has 1 N–H and O–H groups in total. The second-order valence-corrected chi connectivity index (χ2v) is 9.54. The van der Waals surface area contributed by atoms with Crippen molar-refractivity contribution in [2.75, 3.05) is 63.8 Å². The van der Waals surface area contributed by atoms with Gasteiger partial charge in [0.05, 0.1) is 13.2 Å². The van der Waals surface area contributed by atoms with Gasteiger partial charge in [0.25, 0.3) is 0 Å². The van der Waals surface area contributed by atoms with Crippen LogP contribution in [0.15, 0.2) is 18.2 Å². The number of ether oxygens (including phenoxy) is 1. The second-order valence-electron chi connectivity index (χ2n) is 9.54. The molecule has 0 aromatic heterocycles. The van der Waals surface area contributed by atoms with E-state index in [4.69, 9.17) is 4.74 Å². The van der Waals surface area contributed by atoms with Crippen molar-refractivity contribution in [3.8, 4) is 0 Å². The van der Waals surface area contributed by atoms with Crippen LogP contribution < -0.4 is 4.90 Å². The minimum absolute atomic E-state index is 0.295. The van der Waals surface area contributed by atoms with Crippen LogP contribution in [0.3, 0.4) is 0 Å². The molecule has 0 spiro atoms. The fraction of sp³-hybridized carbons (Fsp3) is 0.708. The number of benzene rings is 1. The summed E-state index contributed by atoms with van der Waals surface area (Å²) >= 11 is 0. The molecule has 0 bridgehead atoms. The maximum Gasteiger partial charge on any atom is 0.236 e. The summed E-state index contributed by atoms with van der Waals surface area (Å²) in [6, 6.07) is 7.25. The molecule has 1 saturated carbocycles. The average molecular weight is 429 g/mol. The molecule has 1 unspecified atom stereocenters. The summed E-state index contributed by atoms with van der Waals surface area (Å²) in [5, 5.41) is 9.66. The predicted molar refractivity (Wildman–Crippen MR) is 120 cm³/mol. The lowest BCUT2D eigenvalue weighted by atomic mass is 10.0. The molecule has 1 aromatic rings. The van der Waals surface area contributed by atoms with Gasteiger partial charge in [-0.25, -0.2) is 0 Å². The zero-order chi connectivity index (χ0) is 21.2. The van der Waals surface area contributed by atoms with Crippen LogP contribution in [0.5, 0.6) is 0 Å². The SMILES string of the molecule is O=C(CN1CCN(c2ccc3c(c2)COC(O)C3)CC1)N1CCN(C2CCCC2)CC1.